The molecule has 1 aliphatic heterocycles. The third-order valence-electron chi connectivity index (χ3n) is 4.99. The van der Waals surface area contributed by atoms with Gasteiger partial charge in [0.25, 0.3) is 5.91 Å². The Labute approximate surface area is 164 Å². The highest BCUT2D eigenvalue weighted by molar-refractivity contribution is 5.92. The molecule has 1 fully saturated rings. The molecule has 142 valence electrons. The predicted octanol–water partition coefficient (Wildman–Crippen LogP) is 3.86. The number of carbonyl (C=O) groups is 1. The van der Waals surface area contributed by atoms with Gasteiger partial charge in [-0.2, -0.15) is 0 Å². The SMILES string of the molecule is Cc1ccc(Nc2cc(C)nc([C@H]3CCN(C(=O)c4cnccn4)C3)c2)cc1. The van der Waals surface area contributed by atoms with Crippen LogP contribution in [0.25, 0.3) is 0 Å². The third-order valence-corrected chi connectivity index (χ3v) is 4.99. The van der Waals surface area contributed by atoms with Crippen molar-refractivity contribution in [1.82, 2.24) is 19.9 Å². The molecule has 1 aliphatic rings. The Bertz CT molecular complexity index is 972. The van der Waals surface area contributed by atoms with Crippen LogP contribution < -0.4 is 5.32 Å². The summed E-state index contributed by atoms with van der Waals surface area (Å²) in [6, 6.07) is 12.5. The number of aromatic nitrogens is 3. The lowest BCUT2D eigenvalue weighted by molar-refractivity contribution is 0.0784. The van der Waals surface area contributed by atoms with E-state index in [1.807, 2.05) is 17.9 Å². The largest absolute Gasteiger partial charge is 0.355 e. The summed E-state index contributed by atoms with van der Waals surface area (Å²) in [5, 5.41) is 3.46. The summed E-state index contributed by atoms with van der Waals surface area (Å²) in [4.78, 5) is 27.3. The molecule has 0 aliphatic carbocycles. The number of carbonyl (C=O) groups excluding carboxylic acids is 1. The van der Waals surface area contributed by atoms with Crippen molar-refractivity contribution in [2.75, 3.05) is 18.4 Å². The number of nitrogens with zero attached hydrogens (tertiary/aromatic N) is 4. The zero-order valence-corrected chi connectivity index (χ0v) is 16.1. The summed E-state index contributed by atoms with van der Waals surface area (Å²) in [6.07, 6.45) is 5.53. The first-order valence-corrected chi connectivity index (χ1v) is 9.46. The van der Waals surface area contributed by atoms with Crippen LogP contribution in [0, 0.1) is 13.8 Å². The van der Waals surface area contributed by atoms with Crippen LogP contribution in [-0.2, 0) is 0 Å². The van der Waals surface area contributed by atoms with Crippen molar-refractivity contribution in [3.05, 3.63) is 77.6 Å². The summed E-state index contributed by atoms with van der Waals surface area (Å²) in [5.74, 6) is 0.153. The Hall–Kier alpha value is -3.28. The molecule has 1 aromatic carbocycles. The van der Waals surface area contributed by atoms with Crippen molar-refractivity contribution in [3.8, 4) is 0 Å². The fraction of sp³-hybridized carbons (Fsp3) is 0.273. The molecule has 28 heavy (non-hydrogen) atoms. The van der Waals surface area contributed by atoms with E-state index in [0.717, 1.165) is 29.2 Å². The van der Waals surface area contributed by atoms with Gasteiger partial charge in [-0.05, 0) is 44.5 Å². The van der Waals surface area contributed by atoms with Gasteiger partial charge in [0.1, 0.15) is 5.69 Å². The first kappa shape index (κ1) is 18.1. The standard InChI is InChI=1S/C22H23N5O/c1-15-3-5-18(6-4-15)26-19-11-16(2)25-20(12-19)17-7-10-27(14-17)22(28)21-13-23-8-9-24-21/h3-6,8-9,11-13,17H,7,10,14H2,1-2H3,(H,25,26)/t17-/m0/s1. The number of hydrogen-bond acceptors (Lipinski definition) is 5. The molecule has 1 amide bonds. The summed E-state index contributed by atoms with van der Waals surface area (Å²) in [7, 11) is 0. The van der Waals surface area contributed by atoms with Crippen LogP contribution in [-0.4, -0.2) is 38.8 Å². The molecule has 0 radical (unpaired) electrons. The number of hydrogen-bond donors (Lipinski definition) is 1. The van der Waals surface area contributed by atoms with Crippen molar-refractivity contribution < 1.29 is 4.79 Å². The number of likely N-dealkylation sites (tertiary alicyclic amines) is 1. The first-order chi connectivity index (χ1) is 13.6. The van der Waals surface area contributed by atoms with E-state index in [-0.39, 0.29) is 11.8 Å². The second-order valence-electron chi connectivity index (χ2n) is 7.24. The van der Waals surface area contributed by atoms with Crippen LogP contribution in [0.3, 0.4) is 0 Å². The van der Waals surface area contributed by atoms with Crippen LogP contribution in [0.2, 0.25) is 0 Å². The number of rotatable bonds is 4. The Kier molecular flexibility index (Phi) is 5.02. The van der Waals surface area contributed by atoms with Crippen molar-refractivity contribution in [2.24, 2.45) is 0 Å². The van der Waals surface area contributed by atoms with Crippen LogP contribution in [0.1, 0.15) is 39.8 Å². The van der Waals surface area contributed by atoms with Crippen molar-refractivity contribution in [2.45, 2.75) is 26.2 Å². The van der Waals surface area contributed by atoms with Gasteiger partial charge in [0.15, 0.2) is 0 Å². The van der Waals surface area contributed by atoms with E-state index in [2.05, 4.69) is 52.5 Å². The summed E-state index contributed by atoms with van der Waals surface area (Å²) in [5.41, 5.74) is 5.67. The topological polar surface area (TPSA) is 71.0 Å². The minimum Gasteiger partial charge on any atom is -0.355 e. The molecule has 1 saturated heterocycles. The molecule has 2 aromatic heterocycles. The average Bonchev–Trinajstić information content (AvgIpc) is 3.20. The lowest BCUT2D eigenvalue weighted by Gasteiger charge is -2.16. The highest BCUT2D eigenvalue weighted by Gasteiger charge is 2.29. The summed E-state index contributed by atoms with van der Waals surface area (Å²) >= 11 is 0. The molecule has 3 heterocycles. The molecule has 0 bridgehead atoms. The molecule has 4 rings (SSSR count). The highest BCUT2D eigenvalue weighted by Crippen LogP contribution is 2.29. The van der Waals surface area contributed by atoms with Gasteiger partial charge in [0.05, 0.1) is 6.20 Å². The molecule has 0 unspecified atom stereocenters. The smallest absolute Gasteiger partial charge is 0.274 e. The zero-order valence-electron chi connectivity index (χ0n) is 16.1. The van der Waals surface area contributed by atoms with Gasteiger partial charge in [-0.25, -0.2) is 4.98 Å². The number of nitrogens with one attached hydrogen (secondary N) is 1. The van der Waals surface area contributed by atoms with Gasteiger partial charge >= 0.3 is 0 Å². The maximum Gasteiger partial charge on any atom is 0.274 e. The van der Waals surface area contributed by atoms with Gasteiger partial charge in [0.2, 0.25) is 0 Å². The second kappa shape index (κ2) is 7.76. The van der Waals surface area contributed by atoms with E-state index in [9.17, 15) is 4.79 Å². The Morgan fingerprint density at radius 2 is 1.93 bits per heavy atom. The van der Waals surface area contributed by atoms with Gasteiger partial charge in [-0.1, -0.05) is 17.7 Å². The number of benzene rings is 1. The summed E-state index contributed by atoms with van der Waals surface area (Å²) < 4.78 is 0. The molecule has 1 N–H and O–H groups in total. The fourth-order valence-corrected chi connectivity index (χ4v) is 3.54. The van der Waals surface area contributed by atoms with E-state index in [0.29, 0.717) is 18.8 Å². The quantitative estimate of drug-likeness (QED) is 0.752. The first-order valence-electron chi connectivity index (χ1n) is 9.46. The van der Waals surface area contributed by atoms with Gasteiger partial charge in [-0.3, -0.25) is 14.8 Å². The van der Waals surface area contributed by atoms with Gasteiger partial charge < -0.3 is 10.2 Å². The lowest BCUT2D eigenvalue weighted by atomic mass is 10.0. The minimum atomic E-state index is -0.0683. The molecule has 0 saturated carbocycles. The van der Waals surface area contributed by atoms with Crippen LogP contribution in [0.5, 0.6) is 0 Å². The highest BCUT2D eigenvalue weighted by atomic mass is 16.2. The molecule has 0 spiro atoms. The maximum absolute atomic E-state index is 12.6. The fourth-order valence-electron chi connectivity index (χ4n) is 3.54. The number of anilines is 2. The molecule has 1 atom stereocenters. The Balaban J connectivity index is 1.49. The minimum absolute atomic E-state index is 0.0683. The second-order valence-corrected chi connectivity index (χ2v) is 7.24. The molecular weight excluding hydrogens is 350 g/mol. The molecule has 6 nitrogen and oxygen atoms in total. The van der Waals surface area contributed by atoms with Crippen LogP contribution >= 0.6 is 0 Å². The lowest BCUT2D eigenvalue weighted by Crippen LogP contribution is -2.29. The molecule has 3 aromatic rings. The van der Waals surface area contributed by atoms with E-state index in [1.54, 1.807) is 12.4 Å². The zero-order chi connectivity index (χ0) is 19.5. The van der Waals surface area contributed by atoms with Crippen molar-refractivity contribution in [1.29, 1.82) is 0 Å². The number of aryl methyl sites for hydroxylation is 2. The Morgan fingerprint density at radius 3 is 2.68 bits per heavy atom. The predicted molar refractivity (Wildman–Crippen MR) is 109 cm³/mol. The number of pyridine rings is 1. The molecular formula is C22H23N5O. The third kappa shape index (κ3) is 4.01. The van der Waals surface area contributed by atoms with Crippen LogP contribution in [0.4, 0.5) is 11.4 Å². The van der Waals surface area contributed by atoms with Crippen molar-refractivity contribution in [3.63, 3.8) is 0 Å². The monoisotopic (exact) mass is 373 g/mol. The normalized spacial score (nSPS) is 16.2. The maximum atomic E-state index is 12.6. The van der Waals surface area contributed by atoms with E-state index >= 15 is 0 Å². The average molecular weight is 373 g/mol. The van der Waals surface area contributed by atoms with E-state index < -0.39 is 0 Å². The number of amides is 1. The summed E-state index contributed by atoms with van der Waals surface area (Å²) in [6.45, 7) is 5.43. The van der Waals surface area contributed by atoms with Crippen LogP contribution in [0.15, 0.2) is 55.0 Å². The van der Waals surface area contributed by atoms with Gasteiger partial charge in [-0.15, -0.1) is 0 Å². The van der Waals surface area contributed by atoms with E-state index in [4.69, 9.17) is 4.98 Å². The molecule has 6 heteroatoms. The van der Waals surface area contributed by atoms with E-state index in [1.165, 1.54) is 11.8 Å². The van der Waals surface area contributed by atoms with Gasteiger partial charge in [0, 0.05) is 54.2 Å². The van der Waals surface area contributed by atoms with Crippen molar-refractivity contribution >= 4 is 17.3 Å². The Morgan fingerprint density at radius 1 is 1.11 bits per heavy atom.